The fourth-order valence-corrected chi connectivity index (χ4v) is 2.08. The third kappa shape index (κ3) is 1.22. The van der Waals surface area contributed by atoms with Crippen LogP contribution in [0, 0.1) is 6.92 Å². The summed E-state index contributed by atoms with van der Waals surface area (Å²) in [4.78, 5) is 10.8. The molecule has 2 rings (SSSR count). The van der Waals surface area contributed by atoms with Gasteiger partial charge in [-0.25, -0.2) is 4.79 Å². The number of carbonyl (C=O) groups is 1. The zero-order chi connectivity index (χ0) is 9.42. The lowest BCUT2D eigenvalue weighted by atomic mass is 9.99. The molecule has 0 radical (unpaired) electrons. The number of rotatable bonds is 1. The molecular weight excluding hydrogens is 164 g/mol. The van der Waals surface area contributed by atoms with E-state index in [1.54, 1.807) is 6.07 Å². The minimum Gasteiger partial charge on any atom is -0.478 e. The van der Waals surface area contributed by atoms with Crippen molar-refractivity contribution in [3.05, 3.63) is 34.4 Å². The lowest BCUT2D eigenvalue weighted by Crippen LogP contribution is -2.02. The zero-order valence-electron chi connectivity index (χ0n) is 7.63. The first-order valence-corrected chi connectivity index (χ1v) is 4.55. The Hall–Kier alpha value is -1.31. The molecule has 0 atom stereocenters. The molecule has 0 fully saturated rings. The van der Waals surface area contributed by atoms with Crippen LogP contribution < -0.4 is 0 Å². The molecule has 0 amide bonds. The van der Waals surface area contributed by atoms with Gasteiger partial charge in [0.1, 0.15) is 0 Å². The maximum Gasteiger partial charge on any atom is 0.335 e. The summed E-state index contributed by atoms with van der Waals surface area (Å²) in [5, 5.41) is 8.90. The second-order valence-electron chi connectivity index (χ2n) is 3.53. The predicted molar refractivity (Wildman–Crippen MR) is 50.2 cm³/mol. The standard InChI is InChI=1S/C11H12O2/c1-7-9-4-2-3-8(9)5-6-10(7)11(12)13/h5-6H,2-4H2,1H3,(H,12,13). The van der Waals surface area contributed by atoms with Crippen LogP contribution in [0.2, 0.25) is 0 Å². The van der Waals surface area contributed by atoms with Crippen molar-refractivity contribution >= 4 is 5.97 Å². The van der Waals surface area contributed by atoms with Gasteiger partial charge in [-0.2, -0.15) is 0 Å². The first-order valence-electron chi connectivity index (χ1n) is 4.55. The molecule has 0 bridgehead atoms. The van der Waals surface area contributed by atoms with E-state index < -0.39 is 5.97 Å². The van der Waals surface area contributed by atoms with Gasteiger partial charge in [0.2, 0.25) is 0 Å². The van der Waals surface area contributed by atoms with E-state index in [9.17, 15) is 4.79 Å². The molecule has 13 heavy (non-hydrogen) atoms. The third-order valence-corrected chi connectivity index (χ3v) is 2.80. The summed E-state index contributed by atoms with van der Waals surface area (Å²) in [7, 11) is 0. The van der Waals surface area contributed by atoms with E-state index >= 15 is 0 Å². The summed E-state index contributed by atoms with van der Waals surface area (Å²) in [5.41, 5.74) is 4.02. The van der Waals surface area contributed by atoms with Gasteiger partial charge in [-0.05, 0) is 48.9 Å². The Bertz CT molecular complexity index is 367. The molecule has 2 nitrogen and oxygen atoms in total. The van der Waals surface area contributed by atoms with Gasteiger partial charge in [-0.15, -0.1) is 0 Å². The molecular formula is C11H12O2. The van der Waals surface area contributed by atoms with Crippen molar-refractivity contribution in [1.29, 1.82) is 0 Å². The van der Waals surface area contributed by atoms with Gasteiger partial charge in [0.15, 0.2) is 0 Å². The van der Waals surface area contributed by atoms with Gasteiger partial charge in [0, 0.05) is 0 Å². The average molecular weight is 176 g/mol. The van der Waals surface area contributed by atoms with Crippen LogP contribution in [0.25, 0.3) is 0 Å². The van der Waals surface area contributed by atoms with E-state index in [2.05, 4.69) is 0 Å². The molecule has 68 valence electrons. The quantitative estimate of drug-likeness (QED) is 0.712. The van der Waals surface area contributed by atoms with Crippen LogP contribution in [0.5, 0.6) is 0 Å². The summed E-state index contributed by atoms with van der Waals surface area (Å²) in [6.45, 7) is 1.91. The maximum atomic E-state index is 10.8. The summed E-state index contributed by atoms with van der Waals surface area (Å²) >= 11 is 0. The number of aromatic carboxylic acids is 1. The van der Waals surface area contributed by atoms with Crippen molar-refractivity contribution in [2.75, 3.05) is 0 Å². The van der Waals surface area contributed by atoms with Crippen molar-refractivity contribution < 1.29 is 9.90 Å². The van der Waals surface area contributed by atoms with Crippen molar-refractivity contribution in [3.63, 3.8) is 0 Å². The topological polar surface area (TPSA) is 37.3 Å². The maximum absolute atomic E-state index is 10.8. The van der Waals surface area contributed by atoms with Gasteiger partial charge in [-0.3, -0.25) is 0 Å². The fourth-order valence-electron chi connectivity index (χ4n) is 2.08. The highest BCUT2D eigenvalue weighted by Crippen LogP contribution is 2.27. The molecule has 0 spiro atoms. The molecule has 1 N–H and O–H groups in total. The highest BCUT2D eigenvalue weighted by Gasteiger charge is 2.17. The first kappa shape index (κ1) is 8.30. The Morgan fingerprint density at radius 1 is 1.38 bits per heavy atom. The minimum atomic E-state index is -0.813. The number of benzene rings is 1. The Labute approximate surface area is 77.2 Å². The summed E-state index contributed by atoms with van der Waals surface area (Å²) < 4.78 is 0. The smallest absolute Gasteiger partial charge is 0.335 e. The van der Waals surface area contributed by atoms with Crippen molar-refractivity contribution in [2.24, 2.45) is 0 Å². The minimum absolute atomic E-state index is 0.459. The second kappa shape index (κ2) is 2.87. The van der Waals surface area contributed by atoms with Crippen LogP contribution in [-0.4, -0.2) is 11.1 Å². The Balaban J connectivity index is 2.59. The Morgan fingerprint density at radius 3 is 2.85 bits per heavy atom. The van der Waals surface area contributed by atoms with E-state index in [1.807, 2.05) is 13.0 Å². The number of hydrogen-bond donors (Lipinski definition) is 1. The Morgan fingerprint density at radius 2 is 2.15 bits per heavy atom. The molecule has 1 aliphatic carbocycles. The van der Waals surface area contributed by atoms with Gasteiger partial charge in [0.25, 0.3) is 0 Å². The first-order chi connectivity index (χ1) is 6.20. The van der Waals surface area contributed by atoms with Crippen molar-refractivity contribution in [1.82, 2.24) is 0 Å². The van der Waals surface area contributed by atoms with Crippen LogP contribution in [0.1, 0.15) is 33.5 Å². The van der Waals surface area contributed by atoms with Crippen LogP contribution in [0.15, 0.2) is 12.1 Å². The normalized spacial score (nSPS) is 14.2. The van der Waals surface area contributed by atoms with Crippen LogP contribution in [0.4, 0.5) is 0 Å². The number of fused-ring (bicyclic) bond motifs is 1. The number of carboxylic acid groups (broad SMARTS) is 1. The molecule has 0 saturated heterocycles. The molecule has 0 saturated carbocycles. The van der Waals surface area contributed by atoms with Crippen LogP contribution >= 0.6 is 0 Å². The SMILES string of the molecule is Cc1c(C(=O)O)ccc2c1CCC2. The molecule has 2 heteroatoms. The molecule has 0 unspecified atom stereocenters. The Kier molecular flexibility index (Phi) is 1.83. The molecule has 0 aliphatic heterocycles. The third-order valence-electron chi connectivity index (χ3n) is 2.80. The highest BCUT2D eigenvalue weighted by atomic mass is 16.4. The van der Waals surface area contributed by atoms with Crippen molar-refractivity contribution in [3.8, 4) is 0 Å². The lowest BCUT2D eigenvalue weighted by molar-refractivity contribution is 0.0696. The summed E-state index contributed by atoms with van der Waals surface area (Å²) in [5.74, 6) is -0.813. The molecule has 0 heterocycles. The van der Waals surface area contributed by atoms with Crippen molar-refractivity contribution in [2.45, 2.75) is 26.2 Å². The van der Waals surface area contributed by atoms with Crippen LogP contribution in [0.3, 0.4) is 0 Å². The van der Waals surface area contributed by atoms with Crippen LogP contribution in [-0.2, 0) is 12.8 Å². The number of carboxylic acids is 1. The highest BCUT2D eigenvalue weighted by molar-refractivity contribution is 5.90. The average Bonchev–Trinajstić information content (AvgIpc) is 2.52. The summed E-state index contributed by atoms with van der Waals surface area (Å²) in [6, 6.07) is 3.68. The van der Waals surface area contributed by atoms with Gasteiger partial charge in [0.05, 0.1) is 5.56 Å². The lowest BCUT2D eigenvalue weighted by Gasteiger charge is -2.06. The summed E-state index contributed by atoms with van der Waals surface area (Å²) in [6.07, 6.45) is 3.32. The molecule has 1 aliphatic rings. The van der Waals surface area contributed by atoms with Gasteiger partial charge >= 0.3 is 5.97 Å². The second-order valence-corrected chi connectivity index (χ2v) is 3.53. The molecule has 1 aromatic carbocycles. The van der Waals surface area contributed by atoms with Gasteiger partial charge in [-0.1, -0.05) is 6.07 Å². The zero-order valence-corrected chi connectivity index (χ0v) is 7.63. The van der Waals surface area contributed by atoms with E-state index in [0.717, 1.165) is 18.4 Å². The van der Waals surface area contributed by atoms with E-state index in [1.165, 1.54) is 17.5 Å². The molecule has 0 aromatic heterocycles. The predicted octanol–water partition coefficient (Wildman–Crippen LogP) is 2.18. The largest absolute Gasteiger partial charge is 0.478 e. The van der Waals surface area contributed by atoms with E-state index in [4.69, 9.17) is 5.11 Å². The van der Waals surface area contributed by atoms with E-state index in [0.29, 0.717) is 5.56 Å². The number of hydrogen-bond acceptors (Lipinski definition) is 1. The fraction of sp³-hybridized carbons (Fsp3) is 0.364. The monoisotopic (exact) mass is 176 g/mol. The van der Waals surface area contributed by atoms with E-state index in [-0.39, 0.29) is 0 Å². The molecule has 1 aromatic rings. The number of aryl methyl sites for hydroxylation is 1. The van der Waals surface area contributed by atoms with Gasteiger partial charge < -0.3 is 5.11 Å².